The minimum Gasteiger partial charge on any atom is -0.392 e. The SMILES string of the molecule is C[C@@H](O)CNS(=O)(=O)c1cccc2cnccc12. The van der Waals surface area contributed by atoms with Gasteiger partial charge in [0.25, 0.3) is 0 Å². The van der Waals surface area contributed by atoms with Gasteiger partial charge in [0, 0.05) is 29.7 Å². The lowest BCUT2D eigenvalue weighted by atomic mass is 10.2. The molecule has 0 saturated carbocycles. The van der Waals surface area contributed by atoms with E-state index in [0.29, 0.717) is 5.39 Å². The van der Waals surface area contributed by atoms with E-state index in [2.05, 4.69) is 9.71 Å². The average Bonchev–Trinajstić information content (AvgIpc) is 2.36. The van der Waals surface area contributed by atoms with Crippen LogP contribution in [0.25, 0.3) is 10.8 Å². The summed E-state index contributed by atoms with van der Waals surface area (Å²) >= 11 is 0. The van der Waals surface area contributed by atoms with Crippen LogP contribution >= 0.6 is 0 Å². The fourth-order valence-electron chi connectivity index (χ4n) is 1.64. The van der Waals surface area contributed by atoms with E-state index in [-0.39, 0.29) is 11.4 Å². The van der Waals surface area contributed by atoms with Gasteiger partial charge in [-0.1, -0.05) is 12.1 Å². The molecule has 0 radical (unpaired) electrons. The highest BCUT2D eigenvalue weighted by atomic mass is 32.2. The molecule has 2 aromatic rings. The maximum Gasteiger partial charge on any atom is 0.241 e. The highest BCUT2D eigenvalue weighted by Gasteiger charge is 2.17. The lowest BCUT2D eigenvalue weighted by Crippen LogP contribution is -2.30. The third kappa shape index (κ3) is 2.66. The number of fused-ring (bicyclic) bond motifs is 1. The molecule has 6 heteroatoms. The Morgan fingerprint density at radius 1 is 1.39 bits per heavy atom. The molecular formula is C12H14N2O3S. The lowest BCUT2D eigenvalue weighted by molar-refractivity contribution is 0.198. The number of pyridine rings is 1. The fourth-order valence-corrected chi connectivity index (χ4v) is 2.98. The molecule has 0 bridgehead atoms. The van der Waals surface area contributed by atoms with Crippen LogP contribution in [0.5, 0.6) is 0 Å². The van der Waals surface area contributed by atoms with E-state index < -0.39 is 16.1 Å². The summed E-state index contributed by atoms with van der Waals surface area (Å²) in [7, 11) is -3.62. The second kappa shape index (κ2) is 5.01. The topological polar surface area (TPSA) is 79.3 Å². The number of aliphatic hydroxyl groups is 1. The molecule has 0 unspecified atom stereocenters. The smallest absolute Gasteiger partial charge is 0.241 e. The van der Waals surface area contributed by atoms with Crippen molar-refractivity contribution in [2.45, 2.75) is 17.9 Å². The van der Waals surface area contributed by atoms with Crippen LogP contribution in [0.15, 0.2) is 41.6 Å². The van der Waals surface area contributed by atoms with Gasteiger partial charge in [0.2, 0.25) is 10.0 Å². The van der Waals surface area contributed by atoms with Crippen LogP contribution in [-0.4, -0.2) is 31.2 Å². The Kier molecular flexibility index (Phi) is 3.60. The second-order valence-corrected chi connectivity index (χ2v) is 5.79. The van der Waals surface area contributed by atoms with Crippen LogP contribution in [0.1, 0.15) is 6.92 Å². The molecule has 0 aliphatic heterocycles. The summed E-state index contributed by atoms with van der Waals surface area (Å²) in [4.78, 5) is 4.15. The van der Waals surface area contributed by atoms with Gasteiger partial charge < -0.3 is 5.11 Å². The van der Waals surface area contributed by atoms with Gasteiger partial charge in [-0.25, -0.2) is 13.1 Å². The highest BCUT2D eigenvalue weighted by molar-refractivity contribution is 7.89. The van der Waals surface area contributed by atoms with Gasteiger partial charge in [0.05, 0.1) is 11.0 Å². The Morgan fingerprint density at radius 2 is 2.17 bits per heavy atom. The maximum atomic E-state index is 12.1. The van der Waals surface area contributed by atoms with Crippen molar-refractivity contribution in [3.63, 3.8) is 0 Å². The monoisotopic (exact) mass is 266 g/mol. The standard InChI is InChI=1S/C12H14N2O3S/c1-9(15)7-14-18(16,17)12-4-2-3-10-8-13-6-5-11(10)12/h2-6,8-9,14-15H,7H2,1H3/t9-/m1/s1. The van der Waals surface area contributed by atoms with Crippen LogP contribution in [-0.2, 0) is 10.0 Å². The normalized spacial score (nSPS) is 13.7. The van der Waals surface area contributed by atoms with Gasteiger partial charge in [-0.2, -0.15) is 0 Å². The summed E-state index contributed by atoms with van der Waals surface area (Å²) < 4.78 is 26.6. The molecule has 96 valence electrons. The average molecular weight is 266 g/mol. The molecule has 0 aliphatic rings. The van der Waals surface area contributed by atoms with E-state index in [1.165, 1.54) is 13.0 Å². The molecule has 1 aromatic carbocycles. The van der Waals surface area contributed by atoms with Gasteiger partial charge in [0.15, 0.2) is 0 Å². The molecule has 1 aromatic heterocycles. The van der Waals surface area contributed by atoms with Crippen LogP contribution in [0, 0.1) is 0 Å². The maximum absolute atomic E-state index is 12.1. The molecule has 0 saturated heterocycles. The minimum absolute atomic E-state index is 0.0101. The third-order valence-electron chi connectivity index (χ3n) is 2.50. The van der Waals surface area contributed by atoms with Crippen LogP contribution in [0.4, 0.5) is 0 Å². The number of hydrogen-bond donors (Lipinski definition) is 2. The molecule has 1 atom stereocenters. The van der Waals surface area contributed by atoms with E-state index in [4.69, 9.17) is 5.11 Å². The molecule has 0 amide bonds. The molecule has 2 rings (SSSR count). The Morgan fingerprint density at radius 3 is 2.89 bits per heavy atom. The molecule has 18 heavy (non-hydrogen) atoms. The van der Waals surface area contributed by atoms with Crippen molar-refractivity contribution in [2.75, 3.05) is 6.54 Å². The van der Waals surface area contributed by atoms with Crippen LogP contribution < -0.4 is 4.72 Å². The number of hydrogen-bond acceptors (Lipinski definition) is 4. The van der Waals surface area contributed by atoms with Crippen molar-refractivity contribution in [3.05, 3.63) is 36.7 Å². The number of aromatic nitrogens is 1. The van der Waals surface area contributed by atoms with Gasteiger partial charge in [-0.3, -0.25) is 4.98 Å². The predicted octanol–water partition coefficient (Wildman–Crippen LogP) is 0.894. The van der Waals surface area contributed by atoms with E-state index in [0.717, 1.165) is 5.39 Å². The number of nitrogens with one attached hydrogen (secondary N) is 1. The first-order valence-corrected chi connectivity index (χ1v) is 6.99. The van der Waals surface area contributed by atoms with Gasteiger partial charge in [-0.15, -0.1) is 0 Å². The zero-order chi connectivity index (χ0) is 13.2. The quantitative estimate of drug-likeness (QED) is 0.861. The van der Waals surface area contributed by atoms with Gasteiger partial charge in [0.1, 0.15) is 0 Å². The number of rotatable bonds is 4. The summed E-state index contributed by atoms with van der Waals surface area (Å²) in [5.74, 6) is 0. The Bertz CT molecular complexity index is 648. The van der Waals surface area contributed by atoms with Crippen molar-refractivity contribution in [1.29, 1.82) is 0 Å². The lowest BCUT2D eigenvalue weighted by Gasteiger charge is -2.10. The Hall–Kier alpha value is -1.50. The largest absolute Gasteiger partial charge is 0.392 e. The van der Waals surface area contributed by atoms with E-state index in [1.54, 1.807) is 30.6 Å². The predicted molar refractivity (Wildman–Crippen MR) is 68.6 cm³/mol. The summed E-state index contributed by atoms with van der Waals surface area (Å²) in [6.07, 6.45) is 2.44. The fraction of sp³-hybridized carbons (Fsp3) is 0.250. The van der Waals surface area contributed by atoms with Crippen molar-refractivity contribution < 1.29 is 13.5 Å². The summed E-state index contributed by atoms with van der Waals surface area (Å²) in [5, 5.41) is 10.5. The van der Waals surface area contributed by atoms with Crippen LogP contribution in [0.3, 0.4) is 0 Å². The molecule has 0 fully saturated rings. The van der Waals surface area contributed by atoms with Crippen molar-refractivity contribution >= 4 is 20.8 Å². The Labute approximate surface area is 106 Å². The molecule has 0 spiro atoms. The van der Waals surface area contributed by atoms with Crippen molar-refractivity contribution in [2.24, 2.45) is 0 Å². The summed E-state index contributed by atoms with van der Waals surface area (Å²) in [5.41, 5.74) is 0. The van der Waals surface area contributed by atoms with E-state index in [9.17, 15) is 8.42 Å². The number of benzene rings is 1. The molecule has 5 nitrogen and oxygen atoms in total. The zero-order valence-electron chi connectivity index (χ0n) is 9.87. The summed E-state index contributed by atoms with van der Waals surface area (Å²) in [6.45, 7) is 1.51. The van der Waals surface area contributed by atoms with Gasteiger partial charge in [-0.05, 0) is 19.1 Å². The minimum atomic E-state index is -3.62. The van der Waals surface area contributed by atoms with Crippen molar-refractivity contribution in [3.8, 4) is 0 Å². The van der Waals surface area contributed by atoms with Crippen molar-refractivity contribution in [1.82, 2.24) is 9.71 Å². The first-order chi connectivity index (χ1) is 8.50. The first-order valence-electron chi connectivity index (χ1n) is 5.51. The molecule has 0 aliphatic carbocycles. The second-order valence-electron chi connectivity index (χ2n) is 4.05. The number of sulfonamides is 1. The van der Waals surface area contributed by atoms with Crippen LogP contribution in [0.2, 0.25) is 0 Å². The third-order valence-corrected chi connectivity index (χ3v) is 3.98. The zero-order valence-corrected chi connectivity index (χ0v) is 10.7. The van der Waals surface area contributed by atoms with E-state index >= 15 is 0 Å². The molecule has 1 heterocycles. The molecular weight excluding hydrogens is 252 g/mol. The number of aliphatic hydroxyl groups excluding tert-OH is 1. The Balaban J connectivity index is 2.47. The van der Waals surface area contributed by atoms with Gasteiger partial charge >= 0.3 is 0 Å². The molecule has 2 N–H and O–H groups in total. The number of nitrogens with zero attached hydrogens (tertiary/aromatic N) is 1. The summed E-state index contributed by atoms with van der Waals surface area (Å²) in [6, 6.07) is 6.66. The first kappa shape index (κ1) is 12.9. The van der Waals surface area contributed by atoms with E-state index in [1.807, 2.05) is 0 Å². The highest BCUT2D eigenvalue weighted by Crippen LogP contribution is 2.21.